The highest BCUT2D eigenvalue weighted by Crippen LogP contribution is 2.28. The van der Waals surface area contributed by atoms with Gasteiger partial charge in [-0.2, -0.15) is 0 Å². The molecule has 1 aliphatic rings. The van der Waals surface area contributed by atoms with Crippen LogP contribution in [-0.4, -0.2) is 17.9 Å². The number of carbonyl (C=O) groups excluding carboxylic acids is 1. The van der Waals surface area contributed by atoms with Gasteiger partial charge in [-0.15, -0.1) is 11.3 Å². The molecule has 1 heterocycles. The van der Waals surface area contributed by atoms with Gasteiger partial charge in [0, 0.05) is 18.3 Å². The van der Waals surface area contributed by atoms with Crippen molar-refractivity contribution in [1.29, 1.82) is 0 Å². The Hall–Kier alpha value is -0.350. The van der Waals surface area contributed by atoms with E-state index in [9.17, 15) is 4.79 Å². The Morgan fingerprint density at radius 1 is 1.47 bits per heavy atom. The number of thiophene rings is 1. The number of amides is 1. The quantitative estimate of drug-likeness (QED) is 0.820. The maximum absolute atomic E-state index is 12.0. The van der Waals surface area contributed by atoms with Crippen LogP contribution in [0, 0.1) is 5.92 Å². The molecule has 94 valence electrons. The van der Waals surface area contributed by atoms with Crippen molar-refractivity contribution in [2.24, 2.45) is 5.92 Å². The van der Waals surface area contributed by atoms with Crippen LogP contribution >= 0.6 is 27.3 Å². The fourth-order valence-electron chi connectivity index (χ4n) is 2.38. The van der Waals surface area contributed by atoms with Crippen molar-refractivity contribution >= 4 is 33.2 Å². The van der Waals surface area contributed by atoms with Crippen molar-refractivity contribution in [1.82, 2.24) is 4.90 Å². The average molecular weight is 316 g/mol. The fraction of sp³-hybridized carbons (Fsp3) is 0.615. The van der Waals surface area contributed by atoms with E-state index in [1.807, 2.05) is 18.0 Å². The minimum Gasteiger partial charge on any atom is -0.341 e. The zero-order valence-electron chi connectivity index (χ0n) is 10.1. The molecule has 0 unspecified atom stereocenters. The summed E-state index contributed by atoms with van der Waals surface area (Å²) in [5.41, 5.74) is 0. The van der Waals surface area contributed by atoms with E-state index in [1.54, 1.807) is 11.3 Å². The minimum absolute atomic E-state index is 0.293. The van der Waals surface area contributed by atoms with Gasteiger partial charge in [0.15, 0.2) is 0 Å². The second kappa shape index (κ2) is 6.01. The summed E-state index contributed by atoms with van der Waals surface area (Å²) in [6.07, 6.45) is 5.83. The lowest BCUT2D eigenvalue weighted by molar-refractivity contribution is -0.131. The van der Waals surface area contributed by atoms with E-state index >= 15 is 0 Å². The molecule has 0 atom stereocenters. The van der Waals surface area contributed by atoms with Crippen LogP contribution < -0.4 is 0 Å². The molecule has 0 aliphatic heterocycles. The third kappa shape index (κ3) is 3.81. The van der Waals surface area contributed by atoms with Gasteiger partial charge in [-0.25, -0.2) is 0 Å². The summed E-state index contributed by atoms with van der Waals surface area (Å²) in [5.74, 6) is 0.932. The zero-order chi connectivity index (χ0) is 12.3. The molecule has 17 heavy (non-hydrogen) atoms. The Balaban J connectivity index is 1.82. The van der Waals surface area contributed by atoms with E-state index in [2.05, 4.69) is 22.0 Å². The third-order valence-electron chi connectivity index (χ3n) is 3.39. The van der Waals surface area contributed by atoms with Gasteiger partial charge in [0.2, 0.25) is 5.91 Å². The standard InChI is InChI=1S/C13H18BrNOS/c1-15(9-11-6-7-12(14)17-11)13(16)8-10-4-2-3-5-10/h6-7,10H,2-5,8-9H2,1H3. The maximum atomic E-state index is 12.0. The molecule has 1 aromatic rings. The number of rotatable bonds is 4. The summed E-state index contributed by atoms with van der Waals surface area (Å²) in [5, 5.41) is 0. The van der Waals surface area contributed by atoms with Gasteiger partial charge in [0.05, 0.1) is 10.3 Å². The average Bonchev–Trinajstić information content (AvgIpc) is 2.90. The number of halogens is 1. The molecule has 0 aromatic carbocycles. The second-order valence-corrected chi connectivity index (χ2v) is 7.36. The van der Waals surface area contributed by atoms with Crippen LogP contribution in [0.3, 0.4) is 0 Å². The summed E-state index contributed by atoms with van der Waals surface area (Å²) >= 11 is 5.14. The van der Waals surface area contributed by atoms with Crippen LogP contribution in [0.5, 0.6) is 0 Å². The first-order chi connectivity index (χ1) is 8.15. The number of nitrogens with zero attached hydrogens (tertiary/aromatic N) is 1. The Kier molecular flexibility index (Phi) is 4.62. The van der Waals surface area contributed by atoms with Crippen LogP contribution in [0.15, 0.2) is 15.9 Å². The van der Waals surface area contributed by atoms with Gasteiger partial charge in [-0.3, -0.25) is 4.79 Å². The molecule has 2 rings (SSSR count). The van der Waals surface area contributed by atoms with Crippen LogP contribution in [0.1, 0.15) is 37.0 Å². The maximum Gasteiger partial charge on any atom is 0.222 e. The lowest BCUT2D eigenvalue weighted by atomic mass is 10.0. The molecular weight excluding hydrogens is 298 g/mol. The molecule has 0 saturated heterocycles. The molecule has 1 aliphatic carbocycles. The molecule has 1 saturated carbocycles. The highest BCUT2D eigenvalue weighted by Gasteiger charge is 2.20. The highest BCUT2D eigenvalue weighted by atomic mass is 79.9. The van der Waals surface area contributed by atoms with Crippen LogP contribution in [-0.2, 0) is 11.3 Å². The van der Waals surface area contributed by atoms with E-state index in [1.165, 1.54) is 30.6 Å². The minimum atomic E-state index is 0.293. The van der Waals surface area contributed by atoms with E-state index in [4.69, 9.17) is 0 Å². The second-order valence-electron chi connectivity index (χ2n) is 4.81. The molecule has 1 amide bonds. The van der Waals surface area contributed by atoms with E-state index in [0.717, 1.165) is 16.8 Å². The van der Waals surface area contributed by atoms with E-state index in [0.29, 0.717) is 11.8 Å². The van der Waals surface area contributed by atoms with Crippen molar-refractivity contribution in [2.45, 2.75) is 38.6 Å². The molecule has 0 spiro atoms. The van der Waals surface area contributed by atoms with Crippen LogP contribution in [0.4, 0.5) is 0 Å². The van der Waals surface area contributed by atoms with Crippen molar-refractivity contribution in [3.63, 3.8) is 0 Å². The van der Waals surface area contributed by atoms with Crippen molar-refractivity contribution < 1.29 is 4.79 Å². The predicted octanol–water partition coefficient (Wildman–Crippen LogP) is 4.05. The predicted molar refractivity (Wildman–Crippen MR) is 75.1 cm³/mol. The van der Waals surface area contributed by atoms with Crippen LogP contribution in [0.25, 0.3) is 0 Å². The van der Waals surface area contributed by atoms with E-state index in [-0.39, 0.29) is 0 Å². The summed E-state index contributed by atoms with van der Waals surface area (Å²) in [6.45, 7) is 0.738. The van der Waals surface area contributed by atoms with Gasteiger partial charge >= 0.3 is 0 Å². The SMILES string of the molecule is CN(Cc1ccc(Br)s1)C(=O)CC1CCCC1. The smallest absolute Gasteiger partial charge is 0.222 e. The number of carbonyl (C=O) groups is 1. The first-order valence-corrected chi connectivity index (χ1v) is 7.74. The molecular formula is C13H18BrNOS. The normalized spacial score (nSPS) is 16.4. The molecule has 0 radical (unpaired) electrons. The molecule has 0 N–H and O–H groups in total. The summed E-state index contributed by atoms with van der Waals surface area (Å²) in [7, 11) is 1.91. The van der Waals surface area contributed by atoms with Gasteiger partial charge in [0.1, 0.15) is 0 Å². The highest BCUT2D eigenvalue weighted by molar-refractivity contribution is 9.11. The number of hydrogen-bond acceptors (Lipinski definition) is 2. The Bertz CT molecular complexity index is 385. The van der Waals surface area contributed by atoms with Gasteiger partial charge in [-0.1, -0.05) is 12.8 Å². The zero-order valence-corrected chi connectivity index (χ0v) is 12.5. The summed E-state index contributed by atoms with van der Waals surface area (Å²) in [4.78, 5) is 15.1. The molecule has 4 heteroatoms. The lowest BCUT2D eigenvalue weighted by Gasteiger charge is -2.18. The molecule has 1 aromatic heterocycles. The summed E-state index contributed by atoms with van der Waals surface area (Å²) in [6, 6.07) is 4.11. The monoisotopic (exact) mass is 315 g/mol. The first kappa shape index (κ1) is 13.1. The molecule has 2 nitrogen and oxygen atoms in total. The lowest BCUT2D eigenvalue weighted by Crippen LogP contribution is -2.27. The van der Waals surface area contributed by atoms with Crippen molar-refractivity contribution in [3.8, 4) is 0 Å². The van der Waals surface area contributed by atoms with Crippen molar-refractivity contribution in [3.05, 3.63) is 20.8 Å². The molecule has 1 fully saturated rings. The topological polar surface area (TPSA) is 20.3 Å². The van der Waals surface area contributed by atoms with E-state index < -0.39 is 0 Å². The van der Waals surface area contributed by atoms with Gasteiger partial charge in [-0.05, 0) is 46.8 Å². The van der Waals surface area contributed by atoms with Gasteiger partial charge < -0.3 is 4.90 Å². The largest absolute Gasteiger partial charge is 0.341 e. The Labute approximate surface area is 115 Å². The van der Waals surface area contributed by atoms with Crippen molar-refractivity contribution in [2.75, 3.05) is 7.05 Å². The Morgan fingerprint density at radius 2 is 2.18 bits per heavy atom. The summed E-state index contributed by atoms with van der Waals surface area (Å²) < 4.78 is 1.13. The van der Waals surface area contributed by atoms with Gasteiger partial charge in [0.25, 0.3) is 0 Å². The fourth-order valence-corrected chi connectivity index (χ4v) is 3.91. The first-order valence-electron chi connectivity index (χ1n) is 6.13. The molecule has 0 bridgehead atoms. The Morgan fingerprint density at radius 3 is 2.76 bits per heavy atom. The number of hydrogen-bond donors (Lipinski definition) is 0. The van der Waals surface area contributed by atoms with Crippen LogP contribution in [0.2, 0.25) is 0 Å². The third-order valence-corrected chi connectivity index (χ3v) is 4.99.